The molecule has 2 rings (SSSR count). The molecule has 0 spiro atoms. The molecule has 1 amide bonds. The van der Waals surface area contributed by atoms with Crippen molar-refractivity contribution in [1.29, 1.82) is 0 Å². The minimum atomic E-state index is -0.501. The molecule has 74 valence electrons. The van der Waals surface area contributed by atoms with Gasteiger partial charge in [-0.15, -0.1) is 0 Å². The standard InChI is InChI=1S/C10H12N2O2/c11-9-7-14-12(10(9)13)6-8-4-2-1-3-5-8/h1-5,9H,6-7,11H2/t9-/m1/s1. The van der Waals surface area contributed by atoms with Gasteiger partial charge in [0.25, 0.3) is 5.91 Å². The third-order valence-electron chi connectivity index (χ3n) is 2.14. The van der Waals surface area contributed by atoms with Gasteiger partial charge in [-0.25, -0.2) is 5.06 Å². The first kappa shape index (κ1) is 9.18. The third kappa shape index (κ3) is 1.76. The first-order valence-corrected chi connectivity index (χ1v) is 4.51. The molecule has 0 bridgehead atoms. The lowest BCUT2D eigenvalue weighted by molar-refractivity contribution is -0.164. The summed E-state index contributed by atoms with van der Waals surface area (Å²) in [5.74, 6) is -0.145. The number of hydroxylamine groups is 2. The monoisotopic (exact) mass is 192 g/mol. The highest BCUT2D eigenvalue weighted by atomic mass is 16.7. The van der Waals surface area contributed by atoms with E-state index in [1.165, 1.54) is 5.06 Å². The van der Waals surface area contributed by atoms with E-state index in [2.05, 4.69) is 0 Å². The van der Waals surface area contributed by atoms with Crippen molar-refractivity contribution in [2.24, 2.45) is 5.73 Å². The van der Waals surface area contributed by atoms with Crippen LogP contribution in [0.15, 0.2) is 30.3 Å². The molecular weight excluding hydrogens is 180 g/mol. The summed E-state index contributed by atoms with van der Waals surface area (Å²) in [4.78, 5) is 16.5. The number of rotatable bonds is 2. The van der Waals surface area contributed by atoms with Gasteiger partial charge in [-0.05, 0) is 5.56 Å². The number of carbonyl (C=O) groups is 1. The fourth-order valence-electron chi connectivity index (χ4n) is 1.36. The van der Waals surface area contributed by atoms with Crippen molar-refractivity contribution < 1.29 is 9.63 Å². The van der Waals surface area contributed by atoms with E-state index in [9.17, 15) is 4.79 Å². The van der Waals surface area contributed by atoms with Gasteiger partial charge in [0, 0.05) is 0 Å². The van der Waals surface area contributed by atoms with E-state index in [1.807, 2.05) is 30.3 Å². The third-order valence-corrected chi connectivity index (χ3v) is 2.14. The Kier molecular flexibility index (Phi) is 2.47. The molecule has 1 saturated heterocycles. The number of hydrogen-bond acceptors (Lipinski definition) is 3. The van der Waals surface area contributed by atoms with Crippen LogP contribution in [0.5, 0.6) is 0 Å². The van der Waals surface area contributed by atoms with Gasteiger partial charge in [0.05, 0.1) is 13.2 Å². The maximum Gasteiger partial charge on any atom is 0.265 e. The number of carbonyl (C=O) groups excluding carboxylic acids is 1. The van der Waals surface area contributed by atoms with E-state index in [0.717, 1.165) is 5.56 Å². The van der Waals surface area contributed by atoms with Gasteiger partial charge in [-0.1, -0.05) is 30.3 Å². The average molecular weight is 192 g/mol. The Morgan fingerprint density at radius 2 is 2.14 bits per heavy atom. The zero-order chi connectivity index (χ0) is 9.97. The lowest BCUT2D eigenvalue weighted by Gasteiger charge is -2.13. The Labute approximate surface area is 82.2 Å². The van der Waals surface area contributed by atoms with E-state index >= 15 is 0 Å². The first-order valence-electron chi connectivity index (χ1n) is 4.51. The molecule has 2 N–H and O–H groups in total. The van der Waals surface area contributed by atoms with Crippen molar-refractivity contribution in [2.75, 3.05) is 6.61 Å². The summed E-state index contributed by atoms with van der Waals surface area (Å²) in [6.45, 7) is 0.749. The van der Waals surface area contributed by atoms with E-state index in [-0.39, 0.29) is 12.5 Å². The summed E-state index contributed by atoms with van der Waals surface area (Å²) < 4.78 is 0. The van der Waals surface area contributed by atoms with Gasteiger partial charge in [0.2, 0.25) is 0 Å². The molecule has 0 saturated carbocycles. The Morgan fingerprint density at radius 3 is 2.71 bits per heavy atom. The zero-order valence-electron chi connectivity index (χ0n) is 7.72. The summed E-state index contributed by atoms with van der Waals surface area (Å²) >= 11 is 0. The van der Waals surface area contributed by atoms with E-state index < -0.39 is 6.04 Å². The van der Waals surface area contributed by atoms with Gasteiger partial charge in [0.1, 0.15) is 6.04 Å². The number of nitrogens with two attached hydrogens (primary N) is 1. The smallest absolute Gasteiger partial charge is 0.265 e. The molecule has 0 unspecified atom stereocenters. The molecule has 14 heavy (non-hydrogen) atoms. The number of nitrogens with zero attached hydrogens (tertiary/aromatic N) is 1. The second kappa shape index (κ2) is 3.77. The van der Waals surface area contributed by atoms with Crippen molar-refractivity contribution in [1.82, 2.24) is 5.06 Å². The number of hydrogen-bond donors (Lipinski definition) is 1. The van der Waals surface area contributed by atoms with Crippen LogP contribution in [0.25, 0.3) is 0 Å². The van der Waals surface area contributed by atoms with Gasteiger partial charge >= 0.3 is 0 Å². The highest BCUT2D eigenvalue weighted by molar-refractivity contribution is 5.82. The molecule has 1 aliphatic heterocycles. The summed E-state index contributed by atoms with van der Waals surface area (Å²) in [6.07, 6.45) is 0. The second-order valence-corrected chi connectivity index (χ2v) is 3.26. The molecule has 1 atom stereocenters. The fraction of sp³-hybridized carbons (Fsp3) is 0.300. The van der Waals surface area contributed by atoms with E-state index in [1.54, 1.807) is 0 Å². The summed E-state index contributed by atoms with van der Waals surface area (Å²) in [6, 6.07) is 9.17. The quantitative estimate of drug-likeness (QED) is 0.732. The molecule has 1 heterocycles. The van der Waals surface area contributed by atoms with Gasteiger partial charge < -0.3 is 5.73 Å². The van der Waals surface area contributed by atoms with Crippen LogP contribution >= 0.6 is 0 Å². The van der Waals surface area contributed by atoms with Crippen molar-refractivity contribution >= 4 is 5.91 Å². The van der Waals surface area contributed by atoms with Gasteiger partial charge in [-0.2, -0.15) is 0 Å². The molecule has 0 aliphatic carbocycles. The Hall–Kier alpha value is -1.39. The maximum absolute atomic E-state index is 11.4. The van der Waals surface area contributed by atoms with Crippen molar-refractivity contribution in [3.8, 4) is 0 Å². The Bertz CT molecular complexity index is 326. The van der Waals surface area contributed by atoms with Crippen LogP contribution in [0.3, 0.4) is 0 Å². The van der Waals surface area contributed by atoms with Crippen LogP contribution in [-0.4, -0.2) is 23.6 Å². The highest BCUT2D eigenvalue weighted by Gasteiger charge is 2.29. The van der Waals surface area contributed by atoms with Crippen LogP contribution in [0.2, 0.25) is 0 Å². The lowest BCUT2D eigenvalue weighted by atomic mass is 10.2. The molecule has 1 aromatic rings. The van der Waals surface area contributed by atoms with Crippen molar-refractivity contribution in [3.05, 3.63) is 35.9 Å². The molecule has 1 fully saturated rings. The Balaban J connectivity index is 2.02. The SMILES string of the molecule is N[C@@H]1CON(Cc2ccccc2)C1=O. The van der Waals surface area contributed by atoms with Gasteiger partial charge in [-0.3, -0.25) is 9.63 Å². The highest BCUT2D eigenvalue weighted by Crippen LogP contribution is 2.11. The van der Waals surface area contributed by atoms with Crippen LogP contribution in [0, 0.1) is 0 Å². The summed E-state index contributed by atoms with van der Waals surface area (Å²) in [7, 11) is 0. The number of amides is 1. The fourth-order valence-corrected chi connectivity index (χ4v) is 1.36. The molecule has 4 nitrogen and oxygen atoms in total. The van der Waals surface area contributed by atoms with Crippen LogP contribution < -0.4 is 5.73 Å². The largest absolute Gasteiger partial charge is 0.318 e. The predicted molar refractivity (Wildman–Crippen MR) is 50.9 cm³/mol. The molecule has 1 aromatic carbocycles. The van der Waals surface area contributed by atoms with Crippen molar-refractivity contribution in [2.45, 2.75) is 12.6 Å². The second-order valence-electron chi connectivity index (χ2n) is 3.26. The molecule has 1 aliphatic rings. The molecule has 0 radical (unpaired) electrons. The van der Waals surface area contributed by atoms with Crippen LogP contribution in [0.4, 0.5) is 0 Å². The lowest BCUT2D eigenvalue weighted by Crippen LogP contribution is -2.34. The normalized spacial score (nSPS) is 21.6. The summed E-state index contributed by atoms with van der Waals surface area (Å²) in [5.41, 5.74) is 6.54. The topological polar surface area (TPSA) is 55.6 Å². The summed E-state index contributed by atoms with van der Waals surface area (Å²) in [5, 5.41) is 1.32. The maximum atomic E-state index is 11.4. The number of benzene rings is 1. The van der Waals surface area contributed by atoms with Crippen molar-refractivity contribution in [3.63, 3.8) is 0 Å². The van der Waals surface area contributed by atoms with Crippen LogP contribution in [0.1, 0.15) is 5.56 Å². The van der Waals surface area contributed by atoms with E-state index in [0.29, 0.717) is 6.54 Å². The van der Waals surface area contributed by atoms with Gasteiger partial charge in [0.15, 0.2) is 0 Å². The van der Waals surface area contributed by atoms with E-state index in [4.69, 9.17) is 10.6 Å². The minimum Gasteiger partial charge on any atom is -0.318 e. The zero-order valence-corrected chi connectivity index (χ0v) is 7.72. The molecular formula is C10H12N2O2. The predicted octanol–water partition coefficient (Wildman–Crippen LogP) is 0.288. The Morgan fingerprint density at radius 1 is 1.43 bits per heavy atom. The average Bonchev–Trinajstić information content (AvgIpc) is 2.52. The minimum absolute atomic E-state index is 0.145. The molecule has 4 heteroatoms. The first-order chi connectivity index (χ1) is 6.77. The van der Waals surface area contributed by atoms with Crippen LogP contribution in [-0.2, 0) is 16.2 Å². The molecule has 0 aromatic heterocycles.